The van der Waals surface area contributed by atoms with Gasteiger partial charge in [-0.05, 0) is 60.9 Å². The highest BCUT2D eigenvalue weighted by Gasteiger charge is 2.34. The molecule has 1 unspecified atom stereocenters. The maximum Gasteiger partial charge on any atom is 0.264 e. The van der Waals surface area contributed by atoms with Gasteiger partial charge in [0.05, 0.1) is 16.6 Å². The molecule has 0 radical (unpaired) electrons. The summed E-state index contributed by atoms with van der Waals surface area (Å²) in [4.78, 5) is 15.2. The number of hydrogen-bond acceptors (Lipinski definition) is 3. The van der Waals surface area contributed by atoms with E-state index in [4.69, 9.17) is 23.2 Å². The van der Waals surface area contributed by atoms with E-state index in [0.29, 0.717) is 22.3 Å². The average Bonchev–Trinajstić information content (AvgIpc) is 3.29. The quantitative estimate of drug-likeness (QED) is 0.456. The number of amides is 1. The van der Waals surface area contributed by atoms with Crippen molar-refractivity contribution in [3.63, 3.8) is 0 Å². The van der Waals surface area contributed by atoms with Gasteiger partial charge in [-0.1, -0.05) is 59.6 Å². The third kappa shape index (κ3) is 4.77. The zero-order valence-corrected chi connectivity index (χ0v) is 19.5. The summed E-state index contributed by atoms with van der Waals surface area (Å²) in [5, 5.41) is 0.779. The lowest BCUT2D eigenvalue weighted by molar-refractivity contribution is -0.130. The molecule has 1 aliphatic heterocycles. The second-order valence-electron chi connectivity index (χ2n) is 7.60. The van der Waals surface area contributed by atoms with Gasteiger partial charge < -0.3 is 4.90 Å². The number of hydrogen-bond donors (Lipinski definition) is 0. The van der Waals surface area contributed by atoms with E-state index in [1.165, 1.54) is 12.1 Å². The van der Waals surface area contributed by atoms with Crippen molar-refractivity contribution >= 4 is 44.8 Å². The predicted molar refractivity (Wildman–Crippen MR) is 128 cm³/mol. The van der Waals surface area contributed by atoms with Crippen molar-refractivity contribution in [3.05, 3.63) is 94.5 Å². The van der Waals surface area contributed by atoms with Crippen LogP contribution in [0.15, 0.2) is 83.8 Å². The van der Waals surface area contributed by atoms with Crippen molar-refractivity contribution in [1.29, 1.82) is 0 Å². The summed E-state index contributed by atoms with van der Waals surface area (Å²) in [6.45, 7) is 0.268. The summed E-state index contributed by atoms with van der Waals surface area (Å²) < 4.78 is 28.2. The molecule has 1 saturated heterocycles. The van der Waals surface area contributed by atoms with Crippen molar-refractivity contribution in [2.45, 2.75) is 23.8 Å². The summed E-state index contributed by atoms with van der Waals surface area (Å²) in [5.41, 5.74) is 1.41. The Bertz CT molecular complexity index is 1200. The number of anilines is 1. The number of nitrogens with zero attached hydrogens (tertiary/aromatic N) is 2. The summed E-state index contributed by atoms with van der Waals surface area (Å²) in [7, 11) is -4.04. The van der Waals surface area contributed by atoms with Gasteiger partial charge in [0, 0.05) is 16.6 Å². The van der Waals surface area contributed by atoms with Crippen molar-refractivity contribution in [2.75, 3.05) is 17.4 Å². The first-order chi connectivity index (χ1) is 15.4. The van der Waals surface area contributed by atoms with E-state index in [-0.39, 0.29) is 23.4 Å². The normalized spacial score (nSPS) is 16.2. The van der Waals surface area contributed by atoms with E-state index >= 15 is 0 Å². The third-order valence-corrected chi connectivity index (χ3v) is 7.79. The molecule has 0 aromatic heterocycles. The van der Waals surface area contributed by atoms with Crippen LogP contribution in [0.2, 0.25) is 10.0 Å². The van der Waals surface area contributed by atoms with Crippen molar-refractivity contribution in [1.82, 2.24) is 4.90 Å². The van der Waals surface area contributed by atoms with Gasteiger partial charge >= 0.3 is 0 Å². The van der Waals surface area contributed by atoms with Gasteiger partial charge in [-0.3, -0.25) is 9.10 Å². The first-order valence-electron chi connectivity index (χ1n) is 10.2. The molecule has 1 amide bonds. The molecule has 0 spiro atoms. The zero-order chi connectivity index (χ0) is 22.7. The molecule has 32 heavy (non-hydrogen) atoms. The molecule has 0 N–H and O–H groups in total. The first-order valence-corrected chi connectivity index (χ1v) is 12.4. The van der Waals surface area contributed by atoms with Crippen LogP contribution in [0.5, 0.6) is 0 Å². The molecule has 4 rings (SSSR count). The second kappa shape index (κ2) is 9.53. The molecular formula is C24H22Cl2N2O3S. The van der Waals surface area contributed by atoms with Crippen LogP contribution in [0.1, 0.15) is 24.4 Å². The first kappa shape index (κ1) is 22.6. The SMILES string of the molecule is O=C(CN(c1ccc(Cl)cc1)S(=O)(=O)c1cccc(Cl)c1)N1CCCC1c1ccccc1. The van der Waals surface area contributed by atoms with Gasteiger partial charge in [-0.15, -0.1) is 0 Å². The van der Waals surface area contributed by atoms with Crippen LogP contribution in [-0.2, 0) is 14.8 Å². The Morgan fingerprint density at radius 2 is 1.66 bits per heavy atom. The van der Waals surface area contributed by atoms with Crippen molar-refractivity contribution in [3.8, 4) is 0 Å². The topological polar surface area (TPSA) is 57.7 Å². The fourth-order valence-corrected chi connectivity index (χ4v) is 5.82. The van der Waals surface area contributed by atoms with E-state index in [2.05, 4.69) is 0 Å². The van der Waals surface area contributed by atoms with Crippen LogP contribution >= 0.6 is 23.2 Å². The van der Waals surface area contributed by atoms with E-state index in [0.717, 1.165) is 22.7 Å². The molecule has 0 bridgehead atoms. The van der Waals surface area contributed by atoms with Crippen molar-refractivity contribution in [2.24, 2.45) is 0 Å². The fraction of sp³-hybridized carbons (Fsp3) is 0.208. The van der Waals surface area contributed by atoms with Crippen LogP contribution in [0.4, 0.5) is 5.69 Å². The molecule has 1 heterocycles. The van der Waals surface area contributed by atoms with Crippen molar-refractivity contribution < 1.29 is 13.2 Å². The van der Waals surface area contributed by atoms with Crippen LogP contribution in [0.25, 0.3) is 0 Å². The highest BCUT2D eigenvalue weighted by atomic mass is 35.5. The van der Waals surface area contributed by atoms with Gasteiger partial charge in [0.1, 0.15) is 6.54 Å². The fourth-order valence-electron chi connectivity index (χ4n) is 3.98. The molecule has 1 atom stereocenters. The minimum atomic E-state index is -4.04. The highest BCUT2D eigenvalue weighted by molar-refractivity contribution is 7.92. The van der Waals surface area contributed by atoms with Gasteiger partial charge in [-0.2, -0.15) is 0 Å². The Labute approximate surface area is 198 Å². The number of sulfonamides is 1. The largest absolute Gasteiger partial charge is 0.334 e. The summed E-state index contributed by atoms with van der Waals surface area (Å²) >= 11 is 12.0. The maximum absolute atomic E-state index is 13.5. The second-order valence-corrected chi connectivity index (χ2v) is 10.3. The number of halogens is 2. The van der Waals surface area contributed by atoms with Gasteiger partial charge in [0.15, 0.2) is 0 Å². The summed E-state index contributed by atoms with van der Waals surface area (Å²) in [6, 6.07) is 22.2. The number of likely N-dealkylation sites (tertiary alicyclic amines) is 1. The number of carbonyl (C=O) groups is 1. The van der Waals surface area contributed by atoms with E-state index in [9.17, 15) is 13.2 Å². The average molecular weight is 489 g/mol. The van der Waals surface area contributed by atoms with Crippen LogP contribution in [-0.4, -0.2) is 32.3 Å². The lowest BCUT2D eigenvalue weighted by Crippen LogP contribution is -2.42. The molecular weight excluding hydrogens is 467 g/mol. The van der Waals surface area contributed by atoms with Crippen LogP contribution < -0.4 is 4.31 Å². The molecule has 3 aromatic carbocycles. The summed E-state index contributed by atoms with van der Waals surface area (Å²) in [6.07, 6.45) is 1.71. The summed E-state index contributed by atoms with van der Waals surface area (Å²) in [5.74, 6) is -0.253. The van der Waals surface area contributed by atoms with Crippen LogP contribution in [0.3, 0.4) is 0 Å². The minimum absolute atomic E-state index is 0.0220. The monoisotopic (exact) mass is 488 g/mol. The van der Waals surface area contributed by atoms with E-state index in [1.807, 2.05) is 30.3 Å². The predicted octanol–water partition coefficient (Wildman–Crippen LogP) is 5.55. The third-order valence-electron chi connectivity index (χ3n) is 5.54. The number of benzene rings is 3. The molecule has 1 fully saturated rings. The Morgan fingerprint density at radius 3 is 2.34 bits per heavy atom. The maximum atomic E-state index is 13.5. The molecule has 0 aliphatic carbocycles. The molecule has 166 valence electrons. The number of carbonyl (C=O) groups excluding carboxylic acids is 1. The van der Waals surface area contributed by atoms with E-state index < -0.39 is 10.0 Å². The number of rotatable bonds is 6. The van der Waals surface area contributed by atoms with Gasteiger partial charge in [0.25, 0.3) is 10.0 Å². The smallest absolute Gasteiger partial charge is 0.264 e. The van der Waals surface area contributed by atoms with Gasteiger partial charge in [0.2, 0.25) is 5.91 Å². The zero-order valence-electron chi connectivity index (χ0n) is 17.2. The Balaban J connectivity index is 1.68. The lowest BCUT2D eigenvalue weighted by atomic mass is 10.0. The Hall–Kier alpha value is -2.54. The van der Waals surface area contributed by atoms with Crippen LogP contribution in [0, 0.1) is 0 Å². The standard InChI is InChI=1S/C24H22Cl2N2O3S/c25-19-11-13-21(14-12-19)28(32(30,31)22-9-4-8-20(26)16-22)17-24(29)27-15-5-10-23(27)18-6-2-1-3-7-18/h1-4,6-9,11-14,16,23H,5,10,15,17H2. The molecule has 0 saturated carbocycles. The molecule has 8 heteroatoms. The minimum Gasteiger partial charge on any atom is -0.334 e. The van der Waals surface area contributed by atoms with E-state index in [1.54, 1.807) is 41.3 Å². The Kier molecular flexibility index (Phi) is 6.74. The molecule has 1 aliphatic rings. The highest BCUT2D eigenvalue weighted by Crippen LogP contribution is 2.33. The lowest BCUT2D eigenvalue weighted by Gasteiger charge is -2.30. The molecule has 5 nitrogen and oxygen atoms in total. The Morgan fingerprint density at radius 1 is 0.938 bits per heavy atom. The van der Waals surface area contributed by atoms with Gasteiger partial charge in [-0.25, -0.2) is 8.42 Å². The molecule has 3 aromatic rings.